The Bertz CT molecular complexity index is 3860. The van der Waals surface area contributed by atoms with Crippen molar-refractivity contribution < 1.29 is 42.9 Å². The van der Waals surface area contributed by atoms with Gasteiger partial charge < -0.3 is 45.4 Å². The van der Waals surface area contributed by atoms with E-state index in [2.05, 4.69) is 105 Å². The van der Waals surface area contributed by atoms with Gasteiger partial charge >= 0.3 is 23.9 Å². The molecule has 8 aromatic heterocycles. The Morgan fingerprint density at radius 1 is 0.571 bits per heavy atom. The molecule has 0 aliphatic heterocycles. The van der Waals surface area contributed by atoms with Crippen LogP contribution in [0.2, 0.25) is 30.8 Å². The number of ether oxygens (including phenoxy) is 4. The molecule has 26 nitrogen and oxygen atoms in total. The third-order valence-electron chi connectivity index (χ3n) is 10.6. The molecule has 0 bridgehead atoms. The minimum atomic E-state index is -1.15. The molecular weight excluding hydrogens is 1460 g/mol. The van der Waals surface area contributed by atoms with Crippen molar-refractivity contribution in [2.75, 3.05) is 56.9 Å². The van der Waals surface area contributed by atoms with Gasteiger partial charge in [0.15, 0.2) is 71.0 Å². The molecule has 10 aromatic rings. The van der Waals surface area contributed by atoms with Crippen LogP contribution in [0.4, 0.5) is 17.3 Å². The van der Waals surface area contributed by atoms with Gasteiger partial charge in [0.05, 0.1) is 64.7 Å². The summed E-state index contributed by atoms with van der Waals surface area (Å²) >= 11 is 46.0. The molecule has 0 saturated carbocycles. The molecule has 0 aliphatic rings. The molecule has 1 unspecified atom stereocenters. The van der Waals surface area contributed by atoms with Crippen molar-refractivity contribution in [2.24, 2.45) is 0 Å². The van der Waals surface area contributed by atoms with Crippen LogP contribution in [0.15, 0.2) is 125 Å². The van der Waals surface area contributed by atoms with E-state index in [1.54, 1.807) is 58.0 Å². The summed E-state index contributed by atoms with van der Waals surface area (Å²) in [6.07, 6.45) is 4.54. The minimum Gasteiger partial charge on any atom is -0.465 e. The normalized spacial score (nSPS) is 10.5. The van der Waals surface area contributed by atoms with Crippen LogP contribution in [-0.4, -0.2) is 140 Å². The van der Waals surface area contributed by atoms with Gasteiger partial charge in [0.25, 0.3) is 0 Å². The van der Waals surface area contributed by atoms with Crippen LogP contribution in [0.25, 0.3) is 16.9 Å². The monoisotopic (exact) mass is 1510 g/mol. The predicted molar refractivity (Wildman–Crippen MR) is 355 cm³/mol. The maximum atomic E-state index is 12.0. The van der Waals surface area contributed by atoms with Crippen molar-refractivity contribution in [1.82, 2.24) is 69.5 Å². The molecule has 35 heteroatoms. The molecule has 0 spiro atoms. The number of nitrogens with one attached hydrogen (secondary N) is 1. The Balaban J connectivity index is 0.000000236. The molecule has 482 valence electrons. The number of carbonyl (C=O) groups is 5. The number of alkyl halides is 1. The molecule has 10 rings (SSSR count). The quantitative estimate of drug-likeness (QED) is 0.0299. The molecule has 0 fully saturated rings. The van der Waals surface area contributed by atoms with E-state index in [1.165, 1.54) is 43.8 Å². The highest BCUT2D eigenvalue weighted by Crippen LogP contribution is 2.26. The summed E-state index contributed by atoms with van der Waals surface area (Å²) in [4.78, 5) is 69.7. The number of fused-ring (bicyclic) bond motifs is 3. The average Bonchev–Trinajstić information content (AvgIpc) is 1.72. The zero-order valence-corrected chi connectivity index (χ0v) is 57.3. The number of nitrogens with two attached hydrogens (primary N) is 2. The maximum absolute atomic E-state index is 12.0. The maximum Gasteiger partial charge on any atom is 0.358 e. The first-order valence-electron chi connectivity index (χ1n) is 26.3. The number of nitrogen functional groups attached to an aromatic ring is 2. The number of esters is 4. The van der Waals surface area contributed by atoms with Gasteiger partial charge in [0, 0.05) is 26.2 Å². The van der Waals surface area contributed by atoms with E-state index < -0.39 is 29.3 Å². The number of aldehydes is 1. The zero-order chi connectivity index (χ0) is 67.2. The Morgan fingerprint density at radius 3 is 1.48 bits per heavy atom. The number of rotatable bonds is 14. The highest BCUT2D eigenvalue weighted by atomic mass is 79.9. The van der Waals surface area contributed by atoms with Crippen LogP contribution >= 0.6 is 113 Å². The number of hydrogen-bond acceptors (Lipinski definition) is 23. The van der Waals surface area contributed by atoms with Gasteiger partial charge in [-0.15, -0.1) is 32.0 Å². The summed E-state index contributed by atoms with van der Waals surface area (Å²) in [6, 6.07) is 30.0. The fourth-order valence-corrected chi connectivity index (χ4v) is 8.94. The first-order valence-corrected chi connectivity index (χ1v) is 30.6. The Kier molecular flexibility index (Phi) is 33.0. The lowest BCUT2D eigenvalue weighted by molar-refractivity contribution is -0.143. The number of benzene rings is 2. The molecular formula is C56H56Br2Cl7N17O9. The van der Waals surface area contributed by atoms with E-state index in [1.807, 2.05) is 67.5 Å². The van der Waals surface area contributed by atoms with Gasteiger partial charge in [0.1, 0.15) is 12.1 Å². The lowest BCUT2D eigenvalue weighted by atomic mass is 10.2. The van der Waals surface area contributed by atoms with E-state index in [0.717, 1.165) is 17.8 Å². The number of hydrogen-bond donors (Lipinski definition) is 3. The summed E-state index contributed by atoms with van der Waals surface area (Å²) in [5, 5.41) is 29.8. The van der Waals surface area contributed by atoms with Gasteiger partial charge in [-0.25, -0.2) is 47.7 Å². The van der Waals surface area contributed by atoms with Crippen molar-refractivity contribution in [3.63, 3.8) is 0 Å². The number of carbonyl (C=O) groups excluding carboxylic acids is 5. The zero-order valence-electron chi connectivity index (χ0n) is 48.9. The Labute approximate surface area is 572 Å². The highest BCUT2D eigenvalue weighted by Gasteiger charge is 2.21. The summed E-state index contributed by atoms with van der Waals surface area (Å²) in [5.74, 6) is -1.42. The summed E-state index contributed by atoms with van der Waals surface area (Å²) in [5.41, 5.74) is 15.9. The van der Waals surface area contributed by atoms with Crippen molar-refractivity contribution in [1.29, 1.82) is 0 Å². The first-order chi connectivity index (χ1) is 43.5. The summed E-state index contributed by atoms with van der Waals surface area (Å²) in [7, 11) is 3.89. The molecule has 5 N–H and O–H groups in total. The van der Waals surface area contributed by atoms with Crippen LogP contribution < -0.4 is 21.7 Å². The molecule has 2 aromatic carbocycles. The number of nitrogens with zero attached hydrogens (tertiary/aromatic N) is 14. The van der Waals surface area contributed by atoms with Gasteiger partial charge in [-0.1, -0.05) is 130 Å². The number of imidazole rings is 3. The SMILES string of the molecule is CCOC(=O)C(Cl)C=O.CCOC(=O)c1cnc2c(Br)cc(Cl)nn12.CCOC(=O)c1cnc2c(Cl)cc(Cl)nn12.CCOC(=O)c1cnc2c(N(C)Cc3ccccc3)cc(Cl)nn12.CNCc1ccccc1.Nc1ccc(Cl)nn1.Nc1nnc(Cl)cc1Br. The van der Waals surface area contributed by atoms with E-state index in [4.69, 9.17) is 107 Å². The Hall–Kier alpha value is -7.64. The Morgan fingerprint density at radius 2 is 1.02 bits per heavy atom. The smallest absolute Gasteiger partial charge is 0.358 e. The van der Waals surface area contributed by atoms with E-state index in [0.29, 0.717) is 72.3 Å². The van der Waals surface area contributed by atoms with E-state index in [-0.39, 0.29) is 52.4 Å². The van der Waals surface area contributed by atoms with Crippen LogP contribution in [0.1, 0.15) is 70.3 Å². The predicted octanol–water partition coefficient (Wildman–Crippen LogP) is 11.7. The molecule has 0 aliphatic carbocycles. The lowest BCUT2D eigenvalue weighted by Gasteiger charge is -2.20. The molecule has 1 atom stereocenters. The summed E-state index contributed by atoms with van der Waals surface area (Å²) < 4.78 is 24.5. The van der Waals surface area contributed by atoms with Crippen LogP contribution in [-0.2, 0) is 41.6 Å². The number of anilines is 3. The fourth-order valence-electron chi connectivity index (χ4n) is 6.75. The van der Waals surface area contributed by atoms with Crippen molar-refractivity contribution in [3.05, 3.63) is 184 Å². The molecule has 0 saturated heterocycles. The molecule has 0 radical (unpaired) electrons. The summed E-state index contributed by atoms with van der Waals surface area (Å²) in [6.45, 7) is 9.59. The van der Waals surface area contributed by atoms with Gasteiger partial charge in [-0.2, -0.15) is 15.3 Å². The molecule has 0 amide bonds. The largest absolute Gasteiger partial charge is 0.465 e. The number of halogens is 9. The standard InChI is InChI=1S/C17H17ClN4O2.C9H7BrClN3O2.C9H7Cl2N3O2.C8H11N.C5H7ClO3.C4H3BrClN3.C4H4ClN3/c1-3-24-17(23)14-10-19-16-13(9-15(18)20-22(14)16)21(2)11-12-7-5-4-6-8-12;2*1-2-16-9(15)6-4-12-8-5(10)3-7(11)13-14(6)8;1-9-7-8-5-3-2-4-6-8;1-2-9-5(8)4(6)3-7;5-2-1-3(6)8-9-4(2)7;5-3-1-2-4(6)8-7-3/h4-10H,3,11H2,1-2H3;2*3-4H,2H2,1H3;2-6,9H,7H2,1H3;3-4H,2H2,1H3;1H,(H2,7,9);1-2H,(H2,6,8). The van der Waals surface area contributed by atoms with Crippen molar-refractivity contribution in [2.45, 2.75) is 46.2 Å². The molecule has 91 heavy (non-hydrogen) atoms. The van der Waals surface area contributed by atoms with Crippen molar-refractivity contribution in [3.8, 4) is 0 Å². The second-order valence-electron chi connectivity index (χ2n) is 17.1. The van der Waals surface area contributed by atoms with Gasteiger partial charge in [0.2, 0.25) is 0 Å². The number of aromatic nitrogens is 13. The lowest BCUT2D eigenvalue weighted by Crippen LogP contribution is -2.18. The van der Waals surface area contributed by atoms with Crippen LogP contribution in [0.5, 0.6) is 0 Å². The third kappa shape index (κ3) is 24.5. The second kappa shape index (κ2) is 39.6. The minimum absolute atomic E-state index is 0.182. The first kappa shape index (κ1) is 75.8. The molecule has 8 heterocycles. The van der Waals surface area contributed by atoms with Crippen LogP contribution in [0, 0.1) is 0 Å². The van der Waals surface area contributed by atoms with E-state index in [9.17, 15) is 24.0 Å². The fraction of sp³-hybridized carbons (Fsp3) is 0.232. The van der Waals surface area contributed by atoms with Gasteiger partial charge in [-0.3, -0.25) is 0 Å². The van der Waals surface area contributed by atoms with E-state index >= 15 is 0 Å². The second-order valence-corrected chi connectivity index (χ2v) is 21.6. The van der Waals surface area contributed by atoms with Gasteiger partial charge in [-0.05, 0) is 108 Å². The third-order valence-corrected chi connectivity index (χ3v) is 13.3. The van der Waals surface area contributed by atoms with Crippen LogP contribution in [0.3, 0.4) is 0 Å². The average molecular weight is 1520 g/mol. The highest BCUT2D eigenvalue weighted by molar-refractivity contribution is 9.11. The van der Waals surface area contributed by atoms with Crippen molar-refractivity contribution >= 4 is 177 Å². The topological polar surface area (TPSA) is 332 Å².